The number of thioether (sulfide) groups is 1. The molecule has 104 valence electrons. The predicted octanol–water partition coefficient (Wildman–Crippen LogP) is 5.04. The number of nitrogens with zero attached hydrogens (tertiary/aromatic N) is 2. The molecule has 2 aromatic rings. The molecule has 2 unspecified atom stereocenters. The Morgan fingerprint density at radius 1 is 1.32 bits per heavy atom. The molecule has 0 saturated heterocycles. The van der Waals surface area contributed by atoms with Crippen molar-refractivity contribution in [1.82, 2.24) is 9.55 Å². The fourth-order valence-corrected chi connectivity index (χ4v) is 3.28. The van der Waals surface area contributed by atoms with E-state index in [0.717, 1.165) is 17.8 Å². The van der Waals surface area contributed by atoms with E-state index in [-0.39, 0.29) is 5.38 Å². The van der Waals surface area contributed by atoms with E-state index in [0.29, 0.717) is 6.04 Å². The molecule has 2 atom stereocenters. The van der Waals surface area contributed by atoms with Crippen molar-refractivity contribution in [2.75, 3.05) is 11.5 Å². The molecule has 0 saturated carbocycles. The minimum absolute atomic E-state index is 0.0614. The Kier molecular flexibility index (Phi) is 5.17. The third-order valence-electron chi connectivity index (χ3n) is 3.30. The maximum Gasteiger partial charge on any atom is 0.127 e. The molecule has 2 nitrogen and oxygen atoms in total. The Morgan fingerprint density at radius 2 is 2.05 bits per heavy atom. The molecule has 0 fully saturated rings. The number of hydrogen-bond donors (Lipinski definition) is 0. The van der Waals surface area contributed by atoms with Gasteiger partial charge in [-0.15, -0.1) is 11.6 Å². The van der Waals surface area contributed by atoms with E-state index < -0.39 is 0 Å². The standard InChI is InChI=1S/C15H21ClN2S/c1-4-19-10-9-11(2)18-14-8-6-5-7-13(14)17-15(18)12(3)16/h5-8,11-12H,4,9-10H2,1-3H3. The number of halogens is 1. The van der Waals surface area contributed by atoms with Crippen molar-refractivity contribution in [2.45, 2.75) is 38.6 Å². The molecule has 19 heavy (non-hydrogen) atoms. The van der Waals surface area contributed by atoms with Crippen LogP contribution in [0.5, 0.6) is 0 Å². The second kappa shape index (κ2) is 6.67. The van der Waals surface area contributed by atoms with Crippen LogP contribution in [-0.2, 0) is 0 Å². The number of para-hydroxylation sites is 2. The second-order valence-corrected chi connectivity index (χ2v) is 6.83. The van der Waals surface area contributed by atoms with Gasteiger partial charge in [0.25, 0.3) is 0 Å². The summed E-state index contributed by atoms with van der Waals surface area (Å²) < 4.78 is 2.31. The van der Waals surface area contributed by atoms with E-state index >= 15 is 0 Å². The van der Waals surface area contributed by atoms with Gasteiger partial charge in [0.15, 0.2) is 0 Å². The number of fused-ring (bicyclic) bond motifs is 1. The maximum atomic E-state index is 6.30. The maximum absolute atomic E-state index is 6.30. The molecular weight excluding hydrogens is 276 g/mol. The van der Waals surface area contributed by atoms with Gasteiger partial charge in [-0.2, -0.15) is 11.8 Å². The summed E-state index contributed by atoms with van der Waals surface area (Å²) in [5.74, 6) is 3.34. The number of alkyl halides is 1. The molecule has 0 N–H and O–H groups in total. The van der Waals surface area contributed by atoms with Crippen LogP contribution < -0.4 is 0 Å². The largest absolute Gasteiger partial charge is 0.324 e. The molecule has 0 bridgehead atoms. The molecule has 1 heterocycles. The van der Waals surface area contributed by atoms with Gasteiger partial charge >= 0.3 is 0 Å². The van der Waals surface area contributed by atoms with E-state index in [1.165, 1.54) is 17.0 Å². The smallest absolute Gasteiger partial charge is 0.127 e. The van der Waals surface area contributed by atoms with Crippen molar-refractivity contribution >= 4 is 34.4 Å². The summed E-state index contributed by atoms with van der Waals surface area (Å²) in [5, 5.41) is -0.0614. The highest BCUT2D eigenvalue weighted by atomic mass is 35.5. The number of imidazole rings is 1. The van der Waals surface area contributed by atoms with E-state index in [2.05, 4.69) is 41.6 Å². The zero-order valence-corrected chi connectivity index (χ0v) is 13.3. The summed E-state index contributed by atoms with van der Waals surface area (Å²) in [6.07, 6.45) is 1.15. The monoisotopic (exact) mass is 296 g/mol. The molecule has 0 spiro atoms. The van der Waals surface area contributed by atoms with Gasteiger partial charge in [-0.25, -0.2) is 4.98 Å². The van der Waals surface area contributed by atoms with Gasteiger partial charge in [-0.1, -0.05) is 19.1 Å². The summed E-state index contributed by atoms with van der Waals surface area (Å²) in [6, 6.07) is 8.72. The minimum Gasteiger partial charge on any atom is -0.324 e. The topological polar surface area (TPSA) is 17.8 Å². The molecule has 4 heteroatoms. The summed E-state index contributed by atoms with van der Waals surface area (Å²) in [6.45, 7) is 6.45. The first-order valence-electron chi connectivity index (χ1n) is 6.83. The van der Waals surface area contributed by atoms with Crippen LogP contribution in [-0.4, -0.2) is 21.1 Å². The number of benzene rings is 1. The fourth-order valence-electron chi connectivity index (χ4n) is 2.33. The number of hydrogen-bond acceptors (Lipinski definition) is 2. The average Bonchev–Trinajstić information content (AvgIpc) is 2.78. The first-order valence-corrected chi connectivity index (χ1v) is 8.43. The van der Waals surface area contributed by atoms with Crippen molar-refractivity contribution in [1.29, 1.82) is 0 Å². The van der Waals surface area contributed by atoms with E-state index in [1.807, 2.05) is 24.8 Å². The zero-order valence-electron chi connectivity index (χ0n) is 11.8. The molecule has 1 aromatic carbocycles. The highest BCUT2D eigenvalue weighted by molar-refractivity contribution is 7.99. The molecule has 1 aromatic heterocycles. The Bertz CT molecular complexity index is 536. The Hall–Kier alpha value is -0.670. The van der Waals surface area contributed by atoms with Gasteiger partial charge in [0, 0.05) is 6.04 Å². The zero-order chi connectivity index (χ0) is 13.8. The molecular formula is C15H21ClN2S. The highest BCUT2D eigenvalue weighted by Gasteiger charge is 2.18. The molecule has 0 aliphatic heterocycles. The van der Waals surface area contributed by atoms with Crippen molar-refractivity contribution < 1.29 is 0 Å². The predicted molar refractivity (Wildman–Crippen MR) is 86.3 cm³/mol. The lowest BCUT2D eigenvalue weighted by atomic mass is 10.2. The lowest BCUT2D eigenvalue weighted by molar-refractivity contribution is 0.525. The Balaban J connectivity index is 2.35. The van der Waals surface area contributed by atoms with Crippen LogP contribution in [0.25, 0.3) is 11.0 Å². The number of rotatable bonds is 6. The van der Waals surface area contributed by atoms with E-state index in [4.69, 9.17) is 11.6 Å². The molecule has 0 amide bonds. The lowest BCUT2D eigenvalue weighted by Gasteiger charge is -2.18. The number of aromatic nitrogens is 2. The summed E-state index contributed by atoms with van der Waals surface area (Å²) in [4.78, 5) is 4.69. The van der Waals surface area contributed by atoms with Gasteiger partial charge in [-0.05, 0) is 43.9 Å². The third-order valence-corrected chi connectivity index (χ3v) is 4.43. The second-order valence-electron chi connectivity index (χ2n) is 4.78. The first kappa shape index (κ1) is 14.7. The normalized spacial score (nSPS) is 14.7. The van der Waals surface area contributed by atoms with E-state index in [1.54, 1.807) is 0 Å². The van der Waals surface area contributed by atoms with Gasteiger partial charge in [0.1, 0.15) is 5.82 Å². The van der Waals surface area contributed by atoms with Gasteiger partial charge in [0.2, 0.25) is 0 Å². The first-order chi connectivity index (χ1) is 9.15. The summed E-state index contributed by atoms with van der Waals surface area (Å²) in [7, 11) is 0. The van der Waals surface area contributed by atoms with Gasteiger partial charge in [0.05, 0.1) is 16.4 Å². The average molecular weight is 297 g/mol. The molecule has 0 aliphatic carbocycles. The van der Waals surface area contributed by atoms with Crippen LogP contribution in [0.3, 0.4) is 0 Å². The minimum atomic E-state index is -0.0614. The molecule has 2 rings (SSSR count). The fraction of sp³-hybridized carbons (Fsp3) is 0.533. The van der Waals surface area contributed by atoms with Crippen LogP contribution in [0.2, 0.25) is 0 Å². The Labute approximate surface area is 124 Å². The van der Waals surface area contributed by atoms with Crippen LogP contribution in [0.4, 0.5) is 0 Å². The van der Waals surface area contributed by atoms with Crippen molar-refractivity contribution in [3.05, 3.63) is 30.1 Å². The third kappa shape index (κ3) is 3.26. The summed E-state index contributed by atoms with van der Waals surface area (Å²) >= 11 is 8.28. The summed E-state index contributed by atoms with van der Waals surface area (Å²) in [5.41, 5.74) is 2.24. The van der Waals surface area contributed by atoms with Gasteiger partial charge < -0.3 is 4.57 Å². The van der Waals surface area contributed by atoms with Crippen LogP contribution in [0.15, 0.2) is 24.3 Å². The highest BCUT2D eigenvalue weighted by Crippen LogP contribution is 2.29. The van der Waals surface area contributed by atoms with Crippen LogP contribution >= 0.6 is 23.4 Å². The van der Waals surface area contributed by atoms with Crippen molar-refractivity contribution in [3.63, 3.8) is 0 Å². The molecule has 0 aliphatic rings. The SMILES string of the molecule is CCSCCC(C)n1c(C(C)Cl)nc2ccccc21. The molecule has 0 radical (unpaired) electrons. The van der Waals surface area contributed by atoms with Crippen LogP contribution in [0, 0.1) is 0 Å². The quantitative estimate of drug-likeness (QED) is 0.549. The van der Waals surface area contributed by atoms with E-state index in [9.17, 15) is 0 Å². The van der Waals surface area contributed by atoms with Crippen molar-refractivity contribution in [3.8, 4) is 0 Å². The van der Waals surface area contributed by atoms with Gasteiger partial charge in [-0.3, -0.25) is 0 Å². The lowest BCUT2D eigenvalue weighted by Crippen LogP contribution is -2.10. The Morgan fingerprint density at radius 3 is 2.74 bits per heavy atom. The van der Waals surface area contributed by atoms with Crippen LogP contribution in [0.1, 0.15) is 44.4 Å². The van der Waals surface area contributed by atoms with Crippen molar-refractivity contribution in [2.24, 2.45) is 0 Å².